The molecule has 7 nitrogen and oxygen atoms in total. The number of esters is 1. The zero-order valence-electron chi connectivity index (χ0n) is 18.2. The summed E-state index contributed by atoms with van der Waals surface area (Å²) in [5.74, 6) is -0.396. The Labute approximate surface area is 191 Å². The third-order valence-corrected chi connectivity index (χ3v) is 5.23. The molecule has 3 aromatic rings. The summed E-state index contributed by atoms with van der Waals surface area (Å²) in [6, 6.07) is 23.8. The molecule has 1 aliphatic heterocycles. The van der Waals surface area contributed by atoms with E-state index in [2.05, 4.69) is 5.32 Å². The van der Waals surface area contributed by atoms with E-state index in [0.29, 0.717) is 17.2 Å². The minimum absolute atomic E-state index is 0.0667. The van der Waals surface area contributed by atoms with E-state index in [4.69, 9.17) is 9.47 Å². The highest BCUT2D eigenvalue weighted by Gasteiger charge is 2.36. The van der Waals surface area contributed by atoms with E-state index in [1.54, 1.807) is 29.2 Å². The normalized spacial score (nSPS) is 15.2. The number of benzene rings is 3. The number of rotatable bonds is 7. The molecule has 2 amide bonds. The fraction of sp³-hybridized carbons (Fsp3) is 0.192. The summed E-state index contributed by atoms with van der Waals surface area (Å²) in [7, 11) is 0. The third-order valence-electron chi connectivity index (χ3n) is 5.23. The Morgan fingerprint density at radius 1 is 0.970 bits per heavy atom. The fourth-order valence-electron chi connectivity index (χ4n) is 3.59. The number of hydrogen-bond acceptors (Lipinski definition) is 5. The standard InChI is InChI=1S/C26H24N2O5/c1-18-6-5-7-21(14-18)28-16-19(15-25(28)30)26(31)32-17-24(29)27-20-10-12-23(13-11-20)33-22-8-3-2-4-9-22/h2-14,19H,15-17H2,1H3,(H,27,29)/t19-/m0/s1. The molecule has 33 heavy (non-hydrogen) atoms. The average molecular weight is 444 g/mol. The number of aryl methyl sites for hydroxylation is 1. The molecule has 0 aliphatic carbocycles. The zero-order valence-corrected chi connectivity index (χ0v) is 18.2. The van der Waals surface area contributed by atoms with Gasteiger partial charge < -0.3 is 19.7 Å². The highest BCUT2D eigenvalue weighted by Crippen LogP contribution is 2.26. The van der Waals surface area contributed by atoms with Crippen LogP contribution in [0.2, 0.25) is 0 Å². The molecular weight excluding hydrogens is 420 g/mol. The molecule has 0 spiro atoms. The van der Waals surface area contributed by atoms with Crippen LogP contribution < -0.4 is 15.0 Å². The van der Waals surface area contributed by atoms with Crippen molar-refractivity contribution in [3.8, 4) is 11.5 Å². The van der Waals surface area contributed by atoms with Gasteiger partial charge in [0.25, 0.3) is 5.91 Å². The van der Waals surface area contributed by atoms with Crippen molar-refractivity contribution >= 4 is 29.2 Å². The van der Waals surface area contributed by atoms with Crippen LogP contribution in [-0.4, -0.2) is 30.9 Å². The minimum atomic E-state index is -0.597. The van der Waals surface area contributed by atoms with E-state index in [-0.39, 0.29) is 18.9 Å². The number of carbonyl (C=O) groups is 3. The summed E-state index contributed by atoms with van der Waals surface area (Å²) in [5.41, 5.74) is 2.34. The molecule has 1 saturated heterocycles. The lowest BCUT2D eigenvalue weighted by molar-refractivity contribution is -0.151. The van der Waals surface area contributed by atoms with Crippen LogP contribution in [-0.2, 0) is 19.1 Å². The molecule has 1 N–H and O–H groups in total. The average Bonchev–Trinajstić information content (AvgIpc) is 3.21. The number of carbonyl (C=O) groups excluding carboxylic acids is 3. The van der Waals surface area contributed by atoms with Crippen molar-refractivity contribution in [2.75, 3.05) is 23.4 Å². The molecule has 0 aromatic heterocycles. The van der Waals surface area contributed by atoms with E-state index in [9.17, 15) is 14.4 Å². The van der Waals surface area contributed by atoms with Gasteiger partial charge in [0.15, 0.2) is 6.61 Å². The van der Waals surface area contributed by atoms with Gasteiger partial charge in [-0.1, -0.05) is 30.3 Å². The summed E-state index contributed by atoms with van der Waals surface area (Å²) >= 11 is 0. The van der Waals surface area contributed by atoms with Crippen LogP contribution in [0.15, 0.2) is 78.9 Å². The quantitative estimate of drug-likeness (QED) is 0.549. The van der Waals surface area contributed by atoms with Crippen LogP contribution in [0, 0.1) is 12.8 Å². The highest BCUT2D eigenvalue weighted by atomic mass is 16.5. The smallest absolute Gasteiger partial charge is 0.311 e. The van der Waals surface area contributed by atoms with Crippen molar-refractivity contribution in [2.24, 2.45) is 5.92 Å². The lowest BCUT2D eigenvalue weighted by Gasteiger charge is -2.17. The van der Waals surface area contributed by atoms with Crippen molar-refractivity contribution in [1.82, 2.24) is 0 Å². The lowest BCUT2D eigenvalue weighted by atomic mass is 10.1. The number of ether oxygens (including phenoxy) is 2. The number of nitrogens with zero attached hydrogens (tertiary/aromatic N) is 1. The maximum absolute atomic E-state index is 12.4. The molecule has 0 bridgehead atoms. The second-order valence-corrected chi connectivity index (χ2v) is 7.84. The van der Waals surface area contributed by atoms with Gasteiger partial charge in [-0.15, -0.1) is 0 Å². The van der Waals surface area contributed by atoms with Gasteiger partial charge in [0, 0.05) is 24.3 Å². The fourth-order valence-corrected chi connectivity index (χ4v) is 3.59. The molecule has 4 rings (SSSR count). The predicted octanol–water partition coefficient (Wildman–Crippen LogP) is 4.32. The first-order valence-corrected chi connectivity index (χ1v) is 10.6. The monoisotopic (exact) mass is 444 g/mol. The molecule has 1 fully saturated rings. The summed E-state index contributed by atoms with van der Waals surface area (Å²) in [4.78, 5) is 38.5. The number of hydrogen-bond donors (Lipinski definition) is 1. The molecule has 0 unspecified atom stereocenters. The maximum Gasteiger partial charge on any atom is 0.311 e. The Bertz CT molecular complexity index is 1140. The molecule has 1 atom stereocenters. The van der Waals surface area contributed by atoms with E-state index in [1.165, 1.54) is 0 Å². The molecule has 3 aromatic carbocycles. The van der Waals surface area contributed by atoms with Gasteiger partial charge in [-0.05, 0) is 61.0 Å². The van der Waals surface area contributed by atoms with Gasteiger partial charge in [-0.3, -0.25) is 14.4 Å². The first-order chi connectivity index (χ1) is 16.0. The Kier molecular flexibility index (Phi) is 6.69. The molecule has 1 heterocycles. The molecule has 0 radical (unpaired) electrons. The lowest BCUT2D eigenvalue weighted by Crippen LogP contribution is -2.28. The zero-order chi connectivity index (χ0) is 23.2. The SMILES string of the molecule is Cc1cccc(N2C[C@@H](C(=O)OCC(=O)Nc3ccc(Oc4ccccc4)cc3)CC2=O)c1. The van der Waals surface area contributed by atoms with Crippen LogP contribution in [0.3, 0.4) is 0 Å². The summed E-state index contributed by atoms with van der Waals surface area (Å²) < 4.78 is 10.9. The van der Waals surface area contributed by atoms with Crippen LogP contribution in [0.25, 0.3) is 0 Å². The van der Waals surface area contributed by atoms with E-state index in [0.717, 1.165) is 11.3 Å². The summed E-state index contributed by atoms with van der Waals surface area (Å²) in [6.45, 7) is 1.76. The molecule has 7 heteroatoms. The van der Waals surface area contributed by atoms with E-state index >= 15 is 0 Å². The number of anilines is 2. The van der Waals surface area contributed by atoms with Crippen molar-refractivity contribution in [1.29, 1.82) is 0 Å². The third kappa shape index (κ3) is 5.77. The molecule has 168 valence electrons. The number of amides is 2. The topological polar surface area (TPSA) is 84.9 Å². The van der Waals surface area contributed by atoms with Gasteiger partial charge in [0.1, 0.15) is 11.5 Å². The first kappa shape index (κ1) is 22.1. The molecule has 0 saturated carbocycles. The molecular formula is C26H24N2O5. The minimum Gasteiger partial charge on any atom is -0.457 e. The van der Waals surface area contributed by atoms with Crippen molar-refractivity contribution in [3.63, 3.8) is 0 Å². The van der Waals surface area contributed by atoms with E-state index in [1.807, 2.05) is 61.5 Å². The largest absolute Gasteiger partial charge is 0.457 e. The maximum atomic E-state index is 12.4. The van der Waals surface area contributed by atoms with Crippen LogP contribution in [0.4, 0.5) is 11.4 Å². The van der Waals surface area contributed by atoms with Crippen molar-refractivity contribution < 1.29 is 23.9 Å². The van der Waals surface area contributed by atoms with Gasteiger partial charge in [-0.2, -0.15) is 0 Å². The number of nitrogens with one attached hydrogen (secondary N) is 1. The second-order valence-electron chi connectivity index (χ2n) is 7.84. The summed E-state index contributed by atoms with van der Waals surface area (Å²) in [6.07, 6.45) is 0.0667. The van der Waals surface area contributed by atoms with Crippen molar-refractivity contribution in [3.05, 3.63) is 84.4 Å². The van der Waals surface area contributed by atoms with Gasteiger partial charge >= 0.3 is 5.97 Å². The van der Waals surface area contributed by atoms with Gasteiger partial charge in [-0.25, -0.2) is 0 Å². The van der Waals surface area contributed by atoms with Gasteiger partial charge in [0.2, 0.25) is 5.91 Å². The van der Waals surface area contributed by atoms with Crippen molar-refractivity contribution in [2.45, 2.75) is 13.3 Å². The van der Waals surface area contributed by atoms with Crippen LogP contribution in [0.5, 0.6) is 11.5 Å². The van der Waals surface area contributed by atoms with E-state index < -0.39 is 24.4 Å². The Morgan fingerprint density at radius 2 is 1.70 bits per heavy atom. The Balaban J connectivity index is 1.25. The predicted molar refractivity (Wildman–Crippen MR) is 124 cm³/mol. The highest BCUT2D eigenvalue weighted by molar-refractivity contribution is 6.00. The Morgan fingerprint density at radius 3 is 2.42 bits per heavy atom. The number of para-hydroxylation sites is 1. The van der Waals surface area contributed by atoms with Gasteiger partial charge in [0.05, 0.1) is 5.92 Å². The van der Waals surface area contributed by atoms with Crippen LogP contribution in [0.1, 0.15) is 12.0 Å². The van der Waals surface area contributed by atoms with Crippen LogP contribution >= 0.6 is 0 Å². The Hall–Kier alpha value is -4.13. The second kappa shape index (κ2) is 9.99. The summed E-state index contributed by atoms with van der Waals surface area (Å²) in [5, 5.41) is 2.68. The molecule has 1 aliphatic rings. The first-order valence-electron chi connectivity index (χ1n) is 10.6.